The van der Waals surface area contributed by atoms with E-state index in [4.69, 9.17) is 11.6 Å². The van der Waals surface area contributed by atoms with Gasteiger partial charge in [0.1, 0.15) is 0 Å². The second-order valence-corrected chi connectivity index (χ2v) is 3.64. The highest BCUT2D eigenvalue weighted by Gasteiger charge is 2.03. The molecule has 82 valence electrons. The number of hydrogen-bond donors (Lipinski definition) is 1. The van der Waals surface area contributed by atoms with Crippen LogP contribution in [0.3, 0.4) is 0 Å². The molecule has 2 heterocycles. The first-order chi connectivity index (χ1) is 7.75. The van der Waals surface area contributed by atoms with Crippen LogP contribution < -0.4 is 5.32 Å². The maximum Gasteiger partial charge on any atom is 0.166 e. The number of nitrogens with one attached hydrogen (secondary N) is 1. The van der Waals surface area contributed by atoms with E-state index in [2.05, 4.69) is 15.3 Å². The molecule has 0 amide bonds. The second-order valence-electron chi connectivity index (χ2n) is 3.20. The molecule has 0 fully saturated rings. The van der Waals surface area contributed by atoms with Crippen molar-refractivity contribution in [1.82, 2.24) is 9.97 Å². The average molecular weight is 238 g/mol. The van der Waals surface area contributed by atoms with Crippen molar-refractivity contribution >= 4 is 17.4 Å². The third kappa shape index (κ3) is 2.67. The van der Waals surface area contributed by atoms with Crippen molar-refractivity contribution in [1.29, 1.82) is 0 Å². The van der Waals surface area contributed by atoms with Gasteiger partial charge in [0.25, 0.3) is 0 Å². The van der Waals surface area contributed by atoms with Gasteiger partial charge in [-0.25, -0.2) is 9.37 Å². The summed E-state index contributed by atoms with van der Waals surface area (Å²) in [5.41, 5.74) is 0.957. The van der Waals surface area contributed by atoms with Crippen LogP contribution in [0.1, 0.15) is 5.56 Å². The summed E-state index contributed by atoms with van der Waals surface area (Å²) >= 11 is 5.59. The first kappa shape index (κ1) is 10.8. The van der Waals surface area contributed by atoms with Gasteiger partial charge < -0.3 is 5.32 Å². The molecule has 3 nitrogen and oxygen atoms in total. The van der Waals surface area contributed by atoms with Crippen LogP contribution in [0.25, 0.3) is 0 Å². The molecule has 0 aliphatic heterocycles. The van der Waals surface area contributed by atoms with E-state index in [0.29, 0.717) is 6.54 Å². The first-order valence-corrected chi connectivity index (χ1v) is 5.07. The summed E-state index contributed by atoms with van der Waals surface area (Å²) in [6, 6.07) is 4.94. The standard InChI is InChI=1S/C11H9ClFN3/c12-9-4-10(13)11(16-7-9)15-6-8-2-1-3-14-5-8/h1-5,7H,6H2,(H,15,16). The number of hydrogen-bond acceptors (Lipinski definition) is 3. The van der Waals surface area contributed by atoms with E-state index in [-0.39, 0.29) is 10.8 Å². The lowest BCUT2D eigenvalue weighted by atomic mass is 10.3. The van der Waals surface area contributed by atoms with Crippen LogP contribution in [0.5, 0.6) is 0 Å². The Hall–Kier alpha value is -1.68. The minimum atomic E-state index is -0.462. The minimum Gasteiger partial charge on any atom is -0.364 e. The predicted octanol–water partition coefficient (Wildman–Crippen LogP) is 2.88. The summed E-state index contributed by atoms with van der Waals surface area (Å²) in [4.78, 5) is 7.81. The summed E-state index contributed by atoms with van der Waals surface area (Å²) < 4.78 is 13.3. The van der Waals surface area contributed by atoms with E-state index < -0.39 is 5.82 Å². The highest BCUT2D eigenvalue weighted by Crippen LogP contribution is 2.15. The molecule has 1 N–H and O–H groups in total. The molecular formula is C11H9ClFN3. The van der Waals surface area contributed by atoms with E-state index in [0.717, 1.165) is 5.56 Å². The maximum atomic E-state index is 13.3. The van der Waals surface area contributed by atoms with Gasteiger partial charge in [-0.15, -0.1) is 0 Å². The maximum absolute atomic E-state index is 13.3. The topological polar surface area (TPSA) is 37.8 Å². The van der Waals surface area contributed by atoms with Crippen molar-refractivity contribution in [3.63, 3.8) is 0 Å². The molecule has 2 rings (SSSR count). The predicted molar refractivity (Wildman–Crippen MR) is 60.8 cm³/mol. The van der Waals surface area contributed by atoms with Gasteiger partial charge in [-0.3, -0.25) is 4.98 Å². The molecule has 0 saturated heterocycles. The Kier molecular flexibility index (Phi) is 3.31. The van der Waals surface area contributed by atoms with Crippen LogP contribution in [0.2, 0.25) is 5.02 Å². The Morgan fingerprint density at radius 1 is 1.38 bits per heavy atom. The smallest absolute Gasteiger partial charge is 0.166 e. The normalized spacial score (nSPS) is 10.1. The Morgan fingerprint density at radius 3 is 2.94 bits per heavy atom. The highest BCUT2D eigenvalue weighted by atomic mass is 35.5. The van der Waals surface area contributed by atoms with E-state index in [1.807, 2.05) is 12.1 Å². The van der Waals surface area contributed by atoms with Gasteiger partial charge in [-0.1, -0.05) is 17.7 Å². The van der Waals surface area contributed by atoms with Gasteiger partial charge >= 0.3 is 0 Å². The summed E-state index contributed by atoms with van der Waals surface area (Å²) in [5, 5.41) is 3.15. The molecular weight excluding hydrogens is 229 g/mol. The first-order valence-electron chi connectivity index (χ1n) is 4.69. The molecule has 0 aliphatic carbocycles. The lowest BCUT2D eigenvalue weighted by Gasteiger charge is -2.06. The van der Waals surface area contributed by atoms with Crippen molar-refractivity contribution in [2.24, 2.45) is 0 Å². The average Bonchev–Trinajstić information content (AvgIpc) is 2.29. The minimum absolute atomic E-state index is 0.188. The van der Waals surface area contributed by atoms with Crippen molar-refractivity contribution in [2.75, 3.05) is 5.32 Å². The molecule has 0 atom stereocenters. The Morgan fingerprint density at radius 2 is 2.25 bits per heavy atom. The summed E-state index contributed by atoms with van der Waals surface area (Å²) in [5.74, 6) is -0.273. The van der Waals surface area contributed by atoms with E-state index in [1.54, 1.807) is 12.4 Å². The monoisotopic (exact) mass is 237 g/mol. The number of nitrogens with zero attached hydrogens (tertiary/aromatic N) is 2. The van der Waals surface area contributed by atoms with E-state index in [1.165, 1.54) is 12.3 Å². The summed E-state index contributed by atoms with van der Waals surface area (Å²) in [6.07, 6.45) is 4.79. The third-order valence-electron chi connectivity index (χ3n) is 1.99. The van der Waals surface area contributed by atoms with Crippen LogP contribution in [-0.4, -0.2) is 9.97 Å². The number of rotatable bonds is 3. The van der Waals surface area contributed by atoms with Crippen LogP contribution in [0.4, 0.5) is 10.2 Å². The Labute approximate surface area is 97.3 Å². The molecule has 0 spiro atoms. The van der Waals surface area contributed by atoms with Gasteiger partial charge in [-0.2, -0.15) is 0 Å². The van der Waals surface area contributed by atoms with Crippen molar-refractivity contribution in [3.05, 3.63) is 53.2 Å². The van der Waals surface area contributed by atoms with E-state index >= 15 is 0 Å². The third-order valence-corrected chi connectivity index (χ3v) is 2.20. The summed E-state index contributed by atoms with van der Waals surface area (Å²) in [7, 11) is 0. The van der Waals surface area contributed by atoms with Crippen molar-refractivity contribution in [2.45, 2.75) is 6.54 Å². The molecule has 0 saturated carbocycles. The fourth-order valence-electron chi connectivity index (χ4n) is 1.23. The van der Waals surface area contributed by atoms with Crippen LogP contribution in [0, 0.1) is 5.82 Å². The SMILES string of the molecule is Fc1cc(Cl)cnc1NCc1cccnc1. The molecule has 0 aromatic carbocycles. The van der Waals surface area contributed by atoms with Crippen LogP contribution >= 0.6 is 11.6 Å². The molecule has 2 aromatic rings. The lowest BCUT2D eigenvalue weighted by Crippen LogP contribution is -2.03. The fraction of sp³-hybridized carbons (Fsp3) is 0.0909. The molecule has 5 heteroatoms. The molecule has 0 bridgehead atoms. The Balaban J connectivity index is 2.05. The number of pyridine rings is 2. The molecule has 0 unspecified atom stereocenters. The quantitative estimate of drug-likeness (QED) is 0.892. The van der Waals surface area contributed by atoms with Gasteiger partial charge in [0.05, 0.1) is 5.02 Å². The molecule has 2 aromatic heterocycles. The van der Waals surface area contributed by atoms with Crippen LogP contribution in [0.15, 0.2) is 36.8 Å². The van der Waals surface area contributed by atoms with E-state index in [9.17, 15) is 4.39 Å². The number of aromatic nitrogens is 2. The number of anilines is 1. The summed E-state index contributed by atoms with van der Waals surface area (Å²) in [6.45, 7) is 0.472. The fourth-order valence-corrected chi connectivity index (χ4v) is 1.38. The van der Waals surface area contributed by atoms with Crippen molar-refractivity contribution < 1.29 is 4.39 Å². The molecule has 16 heavy (non-hydrogen) atoms. The van der Waals surface area contributed by atoms with Gasteiger partial charge in [0, 0.05) is 25.1 Å². The van der Waals surface area contributed by atoms with Crippen LogP contribution in [-0.2, 0) is 6.54 Å². The van der Waals surface area contributed by atoms with Gasteiger partial charge in [0.2, 0.25) is 0 Å². The zero-order valence-electron chi connectivity index (χ0n) is 8.32. The highest BCUT2D eigenvalue weighted by molar-refractivity contribution is 6.30. The zero-order valence-corrected chi connectivity index (χ0v) is 9.08. The molecule has 0 aliphatic rings. The lowest BCUT2D eigenvalue weighted by molar-refractivity contribution is 0.624. The van der Waals surface area contributed by atoms with Gasteiger partial charge in [0.15, 0.2) is 11.6 Å². The molecule has 0 radical (unpaired) electrons. The largest absolute Gasteiger partial charge is 0.364 e. The zero-order chi connectivity index (χ0) is 11.4. The van der Waals surface area contributed by atoms with Gasteiger partial charge in [-0.05, 0) is 17.7 Å². The van der Waals surface area contributed by atoms with Crippen molar-refractivity contribution in [3.8, 4) is 0 Å². The Bertz CT molecular complexity index is 476. The second kappa shape index (κ2) is 4.90. The number of halogens is 2.